The molecule has 0 bridgehead atoms. The third-order valence-electron chi connectivity index (χ3n) is 3.57. The largest absolute Gasteiger partial charge is 0.350 e. The average Bonchev–Trinajstić information content (AvgIpc) is 2.85. The summed E-state index contributed by atoms with van der Waals surface area (Å²) in [5.74, 6) is 0.720. The van der Waals surface area contributed by atoms with Crippen LogP contribution in [-0.2, 0) is 11.3 Å². The number of para-hydroxylation sites is 2. The van der Waals surface area contributed by atoms with Crippen molar-refractivity contribution in [3.63, 3.8) is 0 Å². The van der Waals surface area contributed by atoms with Gasteiger partial charge >= 0.3 is 0 Å². The van der Waals surface area contributed by atoms with Crippen LogP contribution in [-0.4, -0.2) is 21.0 Å². The maximum atomic E-state index is 12.4. The van der Waals surface area contributed by atoms with Crippen LogP contribution in [0.2, 0.25) is 5.02 Å². The lowest BCUT2D eigenvalue weighted by atomic mass is 10.1. The number of amides is 1. The predicted molar refractivity (Wildman–Crippen MR) is 98.1 cm³/mol. The second-order valence-corrected chi connectivity index (χ2v) is 7.25. The summed E-state index contributed by atoms with van der Waals surface area (Å²) in [4.78, 5) is 17.1. The van der Waals surface area contributed by atoms with E-state index in [1.165, 1.54) is 0 Å². The van der Waals surface area contributed by atoms with Crippen LogP contribution < -0.4 is 5.32 Å². The van der Waals surface area contributed by atoms with E-state index in [0.717, 1.165) is 22.4 Å². The van der Waals surface area contributed by atoms with Crippen molar-refractivity contribution < 1.29 is 4.79 Å². The molecule has 0 fully saturated rings. The van der Waals surface area contributed by atoms with Crippen molar-refractivity contribution in [2.75, 3.05) is 0 Å². The number of benzene rings is 2. The molecular weight excluding hydrogens is 322 g/mol. The molecule has 1 aromatic heterocycles. The van der Waals surface area contributed by atoms with Crippen LogP contribution in [0.5, 0.6) is 0 Å². The van der Waals surface area contributed by atoms with Gasteiger partial charge in [0.05, 0.1) is 11.0 Å². The number of fused-ring (bicyclic) bond motifs is 1. The van der Waals surface area contributed by atoms with Gasteiger partial charge in [0.15, 0.2) is 0 Å². The van der Waals surface area contributed by atoms with Gasteiger partial charge in [-0.3, -0.25) is 4.79 Å². The summed E-state index contributed by atoms with van der Waals surface area (Å²) in [6, 6.07) is 15.3. The van der Waals surface area contributed by atoms with Crippen molar-refractivity contribution >= 4 is 28.5 Å². The van der Waals surface area contributed by atoms with Gasteiger partial charge in [0.2, 0.25) is 5.91 Å². The molecule has 0 unspecified atom stereocenters. The van der Waals surface area contributed by atoms with Crippen molar-refractivity contribution in [3.05, 3.63) is 53.6 Å². The zero-order chi connectivity index (χ0) is 17.3. The van der Waals surface area contributed by atoms with Gasteiger partial charge < -0.3 is 9.88 Å². The van der Waals surface area contributed by atoms with Crippen molar-refractivity contribution in [3.8, 4) is 11.4 Å². The molecular formula is C19H20ClN3O. The van der Waals surface area contributed by atoms with Crippen LogP contribution in [0.15, 0.2) is 48.5 Å². The Hall–Kier alpha value is -2.33. The Kier molecular flexibility index (Phi) is 4.33. The highest BCUT2D eigenvalue weighted by atomic mass is 35.5. The van der Waals surface area contributed by atoms with E-state index in [2.05, 4.69) is 5.32 Å². The van der Waals surface area contributed by atoms with Crippen LogP contribution in [0.3, 0.4) is 0 Å². The molecule has 5 heteroatoms. The number of rotatable bonds is 3. The highest BCUT2D eigenvalue weighted by molar-refractivity contribution is 6.30. The van der Waals surface area contributed by atoms with Crippen molar-refractivity contribution in [2.24, 2.45) is 0 Å². The molecule has 1 heterocycles. The third kappa shape index (κ3) is 3.60. The number of halogens is 1. The number of carbonyl (C=O) groups is 1. The Morgan fingerprint density at radius 3 is 2.46 bits per heavy atom. The minimum Gasteiger partial charge on any atom is -0.350 e. The Balaban J connectivity index is 2.05. The van der Waals surface area contributed by atoms with E-state index < -0.39 is 0 Å². The molecule has 0 saturated heterocycles. The van der Waals surface area contributed by atoms with Crippen LogP contribution >= 0.6 is 11.6 Å². The summed E-state index contributed by atoms with van der Waals surface area (Å²) < 4.78 is 1.94. The molecule has 124 valence electrons. The maximum Gasteiger partial charge on any atom is 0.240 e. The van der Waals surface area contributed by atoms with E-state index in [1.54, 1.807) is 0 Å². The van der Waals surface area contributed by atoms with E-state index in [0.29, 0.717) is 5.02 Å². The number of nitrogens with zero attached hydrogens (tertiary/aromatic N) is 2. The number of imidazole rings is 1. The molecule has 3 aromatic rings. The van der Waals surface area contributed by atoms with E-state index in [-0.39, 0.29) is 18.0 Å². The Morgan fingerprint density at radius 2 is 1.79 bits per heavy atom. The van der Waals surface area contributed by atoms with E-state index in [4.69, 9.17) is 16.6 Å². The van der Waals surface area contributed by atoms with Crippen molar-refractivity contribution in [1.82, 2.24) is 14.9 Å². The summed E-state index contributed by atoms with van der Waals surface area (Å²) in [5.41, 5.74) is 2.46. The zero-order valence-corrected chi connectivity index (χ0v) is 14.8. The number of nitrogens with one attached hydrogen (secondary N) is 1. The minimum absolute atomic E-state index is 0.0409. The normalized spacial score (nSPS) is 11.7. The fourth-order valence-corrected chi connectivity index (χ4v) is 2.78. The van der Waals surface area contributed by atoms with Crippen molar-refractivity contribution in [1.29, 1.82) is 0 Å². The van der Waals surface area contributed by atoms with E-state index >= 15 is 0 Å². The van der Waals surface area contributed by atoms with Gasteiger partial charge in [-0.1, -0.05) is 23.7 Å². The minimum atomic E-state index is -0.270. The highest BCUT2D eigenvalue weighted by Gasteiger charge is 2.18. The molecule has 24 heavy (non-hydrogen) atoms. The molecule has 1 N–H and O–H groups in total. The Morgan fingerprint density at radius 1 is 1.12 bits per heavy atom. The first-order chi connectivity index (χ1) is 11.3. The lowest BCUT2D eigenvalue weighted by molar-refractivity contribution is -0.123. The summed E-state index contributed by atoms with van der Waals surface area (Å²) in [6.07, 6.45) is 0. The fourth-order valence-electron chi connectivity index (χ4n) is 2.66. The molecule has 0 aliphatic carbocycles. The Bertz CT molecular complexity index is 876. The SMILES string of the molecule is CC(C)(C)NC(=O)Cn1c(-c2ccc(Cl)cc2)nc2ccccc21. The fraction of sp³-hybridized carbons (Fsp3) is 0.263. The molecule has 4 nitrogen and oxygen atoms in total. The first kappa shape index (κ1) is 16.5. The van der Waals surface area contributed by atoms with E-state index in [9.17, 15) is 4.79 Å². The number of hydrogen-bond acceptors (Lipinski definition) is 2. The van der Waals surface area contributed by atoms with Crippen molar-refractivity contribution in [2.45, 2.75) is 32.9 Å². The van der Waals surface area contributed by atoms with Crippen LogP contribution in [0.25, 0.3) is 22.4 Å². The lowest BCUT2D eigenvalue weighted by Gasteiger charge is -2.21. The predicted octanol–water partition coefficient (Wildman–Crippen LogP) is 4.27. The van der Waals surface area contributed by atoms with Gasteiger partial charge in [-0.25, -0.2) is 4.98 Å². The molecule has 0 saturated carbocycles. The summed E-state index contributed by atoms with van der Waals surface area (Å²) >= 11 is 5.98. The van der Waals surface area contributed by atoms with Gasteiger partial charge in [0.1, 0.15) is 12.4 Å². The summed E-state index contributed by atoms with van der Waals surface area (Å²) in [6.45, 7) is 6.13. The maximum absolute atomic E-state index is 12.4. The second-order valence-electron chi connectivity index (χ2n) is 6.82. The van der Waals surface area contributed by atoms with Gasteiger partial charge in [-0.2, -0.15) is 0 Å². The lowest BCUT2D eigenvalue weighted by Crippen LogP contribution is -2.42. The standard InChI is InChI=1S/C19H20ClN3O/c1-19(2,3)22-17(24)12-23-16-7-5-4-6-15(16)21-18(23)13-8-10-14(20)11-9-13/h4-11H,12H2,1-3H3,(H,22,24). The zero-order valence-electron chi connectivity index (χ0n) is 14.0. The van der Waals surface area contributed by atoms with Gasteiger partial charge in [-0.05, 0) is 57.2 Å². The van der Waals surface area contributed by atoms with Gasteiger partial charge in [-0.15, -0.1) is 0 Å². The Labute approximate surface area is 146 Å². The topological polar surface area (TPSA) is 46.9 Å². The van der Waals surface area contributed by atoms with Gasteiger partial charge in [0.25, 0.3) is 0 Å². The van der Waals surface area contributed by atoms with Crippen LogP contribution in [0.4, 0.5) is 0 Å². The number of carbonyl (C=O) groups excluding carboxylic acids is 1. The highest BCUT2D eigenvalue weighted by Crippen LogP contribution is 2.26. The molecule has 0 radical (unpaired) electrons. The monoisotopic (exact) mass is 341 g/mol. The molecule has 0 aliphatic heterocycles. The smallest absolute Gasteiger partial charge is 0.240 e. The molecule has 1 amide bonds. The third-order valence-corrected chi connectivity index (χ3v) is 3.83. The molecule has 0 atom stereocenters. The second kappa shape index (κ2) is 6.29. The first-order valence-corrected chi connectivity index (χ1v) is 8.23. The van der Waals surface area contributed by atoms with Crippen LogP contribution in [0.1, 0.15) is 20.8 Å². The molecule has 2 aromatic carbocycles. The molecule has 3 rings (SSSR count). The summed E-state index contributed by atoms with van der Waals surface area (Å²) in [5, 5.41) is 3.67. The van der Waals surface area contributed by atoms with E-state index in [1.807, 2.05) is 73.9 Å². The first-order valence-electron chi connectivity index (χ1n) is 7.86. The molecule has 0 spiro atoms. The number of aromatic nitrogens is 2. The van der Waals surface area contributed by atoms with Gasteiger partial charge in [0, 0.05) is 16.1 Å². The van der Waals surface area contributed by atoms with Crippen LogP contribution in [0, 0.1) is 0 Å². The molecule has 0 aliphatic rings. The average molecular weight is 342 g/mol. The quantitative estimate of drug-likeness (QED) is 0.773. The number of hydrogen-bond donors (Lipinski definition) is 1. The summed E-state index contributed by atoms with van der Waals surface area (Å²) in [7, 11) is 0.